The predicted molar refractivity (Wildman–Crippen MR) is 80.6 cm³/mol. The standard InChI is InChI=1S/C17H24N2O/c1-17(2,13-6-4-3-5-7-13)16(20)19-11-10-14-8-9-15(12-19)18-14/h3-7,14-15,18H,8-12H2,1-2H3. The van der Waals surface area contributed by atoms with Gasteiger partial charge in [-0.05, 0) is 38.7 Å². The smallest absolute Gasteiger partial charge is 0.232 e. The van der Waals surface area contributed by atoms with Crippen molar-refractivity contribution in [2.75, 3.05) is 13.1 Å². The lowest BCUT2D eigenvalue weighted by Crippen LogP contribution is -2.47. The van der Waals surface area contributed by atoms with Gasteiger partial charge in [0.05, 0.1) is 5.41 Å². The molecular formula is C17H24N2O. The molecule has 1 N–H and O–H groups in total. The molecule has 0 saturated carbocycles. The van der Waals surface area contributed by atoms with Crippen LogP contribution in [0.4, 0.5) is 0 Å². The van der Waals surface area contributed by atoms with E-state index in [1.807, 2.05) is 32.0 Å². The van der Waals surface area contributed by atoms with Crippen molar-refractivity contribution in [3.63, 3.8) is 0 Å². The number of likely N-dealkylation sites (tertiary alicyclic amines) is 1. The van der Waals surface area contributed by atoms with Crippen molar-refractivity contribution in [2.45, 2.75) is 50.6 Å². The van der Waals surface area contributed by atoms with Gasteiger partial charge < -0.3 is 10.2 Å². The molecule has 2 aliphatic rings. The number of fused-ring (bicyclic) bond motifs is 2. The Morgan fingerprint density at radius 3 is 2.60 bits per heavy atom. The van der Waals surface area contributed by atoms with Crippen LogP contribution in [0.1, 0.15) is 38.7 Å². The van der Waals surface area contributed by atoms with E-state index in [1.54, 1.807) is 0 Å². The summed E-state index contributed by atoms with van der Waals surface area (Å²) in [6, 6.07) is 11.3. The third-order valence-electron chi connectivity index (χ3n) is 4.84. The number of nitrogens with zero attached hydrogens (tertiary/aromatic N) is 1. The summed E-state index contributed by atoms with van der Waals surface area (Å²) >= 11 is 0. The summed E-state index contributed by atoms with van der Waals surface area (Å²) in [5.74, 6) is 0.262. The molecule has 2 heterocycles. The van der Waals surface area contributed by atoms with Crippen molar-refractivity contribution in [2.24, 2.45) is 0 Å². The number of rotatable bonds is 2. The van der Waals surface area contributed by atoms with Crippen LogP contribution < -0.4 is 5.32 Å². The fraction of sp³-hybridized carbons (Fsp3) is 0.588. The SMILES string of the molecule is CC(C)(C(=O)N1CCC2CCC(C1)N2)c1ccccc1. The molecule has 0 spiro atoms. The van der Waals surface area contributed by atoms with E-state index >= 15 is 0 Å². The van der Waals surface area contributed by atoms with Crippen LogP contribution in [-0.2, 0) is 10.2 Å². The third-order valence-corrected chi connectivity index (χ3v) is 4.84. The van der Waals surface area contributed by atoms with E-state index in [0.717, 1.165) is 25.1 Å². The Labute approximate surface area is 121 Å². The monoisotopic (exact) mass is 272 g/mol. The minimum absolute atomic E-state index is 0.262. The zero-order valence-electron chi connectivity index (χ0n) is 12.4. The summed E-state index contributed by atoms with van der Waals surface area (Å²) in [5.41, 5.74) is 0.664. The molecule has 0 aromatic heterocycles. The molecule has 0 radical (unpaired) electrons. The first-order valence-electron chi connectivity index (χ1n) is 7.68. The van der Waals surface area contributed by atoms with E-state index in [2.05, 4.69) is 22.3 Å². The summed E-state index contributed by atoms with van der Waals surface area (Å²) in [4.78, 5) is 15.0. The van der Waals surface area contributed by atoms with Gasteiger partial charge >= 0.3 is 0 Å². The van der Waals surface area contributed by atoms with E-state index in [0.29, 0.717) is 12.1 Å². The van der Waals surface area contributed by atoms with Crippen LogP contribution in [0.2, 0.25) is 0 Å². The predicted octanol–water partition coefficient (Wildman–Crippen LogP) is 2.32. The van der Waals surface area contributed by atoms with Crippen molar-refractivity contribution in [1.29, 1.82) is 0 Å². The molecule has 2 fully saturated rings. The summed E-state index contributed by atoms with van der Waals surface area (Å²) in [7, 11) is 0. The van der Waals surface area contributed by atoms with Crippen molar-refractivity contribution in [1.82, 2.24) is 10.2 Å². The first-order valence-corrected chi connectivity index (χ1v) is 7.68. The van der Waals surface area contributed by atoms with Gasteiger partial charge in [-0.15, -0.1) is 0 Å². The lowest BCUT2D eigenvalue weighted by atomic mass is 9.83. The van der Waals surface area contributed by atoms with Gasteiger partial charge in [0.25, 0.3) is 0 Å². The summed E-state index contributed by atoms with van der Waals surface area (Å²) in [5, 5.41) is 3.63. The van der Waals surface area contributed by atoms with Crippen LogP contribution in [0.15, 0.2) is 30.3 Å². The highest BCUT2D eigenvalue weighted by atomic mass is 16.2. The number of hydrogen-bond donors (Lipinski definition) is 1. The Morgan fingerprint density at radius 1 is 1.15 bits per heavy atom. The number of carbonyl (C=O) groups is 1. The second kappa shape index (κ2) is 5.21. The summed E-state index contributed by atoms with van der Waals surface area (Å²) in [6.07, 6.45) is 3.57. The Bertz CT molecular complexity index is 483. The Hall–Kier alpha value is -1.35. The van der Waals surface area contributed by atoms with E-state index in [1.165, 1.54) is 12.8 Å². The van der Waals surface area contributed by atoms with Crippen LogP contribution in [0.25, 0.3) is 0 Å². The van der Waals surface area contributed by atoms with Gasteiger partial charge in [0.1, 0.15) is 0 Å². The normalized spacial score (nSPS) is 26.4. The molecule has 108 valence electrons. The van der Waals surface area contributed by atoms with E-state index < -0.39 is 5.41 Å². The molecule has 2 bridgehead atoms. The second-order valence-corrected chi connectivity index (χ2v) is 6.67. The number of benzene rings is 1. The maximum absolute atomic E-state index is 12.9. The molecule has 20 heavy (non-hydrogen) atoms. The number of hydrogen-bond acceptors (Lipinski definition) is 2. The van der Waals surface area contributed by atoms with Gasteiger partial charge in [-0.1, -0.05) is 30.3 Å². The van der Waals surface area contributed by atoms with Crippen LogP contribution in [0.3, 0.4) is 0 Å². The minimum Gasteiger partial charge on any atom is -0.340 e. The highest BCUT2D eigenvalue weighted by Gasteiger charge is 2.37. The first-order chi connectivity index (χ1) is 9.57. The molecule has 1 aromatic rings. The maximum Gasteiger partial charge on any atom is 0.232 e. The average Bonchev–Trinajstić information content (AvgIpc) is 2.78. The molecule has 2 unspecified atom stereocenters. The fourth-order valence-electron chi connectivity index (χ4n) is 3.50. The minimum atomic E-state index is -0.440. The molecule has 3 heteroatoms. The zero-order valence-corrected chi connectivity index (χ0v) is 12.4. The van der Waals surface area contributed by atoms with Crippen molar-refractivity contribution in [3.8, 4) is 0 Å². The maximum atomic E-state index is 12.9. The largest absolute Gasteiger partial charge is 0.340 e. The fourth-order valence-corrected chi connectivity index (χ4v) is 3.50. The van der Waals surface area contributed by atoms with E-state index in [4.69, 9.17) is 0 Å². The highest BCUT2D eigenvalue weighted by Crippen LogP contribution is 2.28. The van der Waals surface area contributed by atoms with Gasteiger partial charge in [-0.2, -0.15) is 0 Å². The van der Waals surface area contributed by atoms with Gasteiger partial charge in [0.15, 0.2) is 0 Å². The van der Waals surface area contributed by atoms with Crippen LogP contribution in [0.5, 0.6) is 0 Å². The van der Waals surface area contributed by atoms with E-state index in [9.17, 15) is 4.79 Å². The molecule has 2 atom stereocenters. The first kappa shape index (κ1) is 13.6. The van der Waals surface area contributed by atoms with Crippen molar-refractivity contribution >= 4 is 5.91 Å². The highest BCUT2D eigenvalue weighted by molar-refractivity contribution is 5.87. The van der Waals surface area contributed by atoms with Gasteiger partial charge in [0.2, 0.25) is 5.91 Å². The Morgan fingerprint density at radius 2 is 1.85 bits per heavy atom. The third kappa shape index (κ3) is 2.47. The number of amides is 1. The molecular weight excluding hydrogens is 248 g/mol. The molecule has 1 amide bonds. The van der Waals surface area contributed by atoms with Crippen LogP contribution >= 0.6 is 0 Å². The second-order valence-electron chi connectivity index (χ2n) is 6.67. The van der Waals surface area contributed by atoms with E-state index in [-0.39, 0.29) is 5.91 Å². The van der Waals surface area contributed by atoms with Gasteiger partial charge in [-0.3, -0.25) is 4.79 Å². The Kier molecular flexibility index (Phi) is 3.55. The quantitative estimate of drug-likeness (QED) is 0.896. The number of carbonyl (C=O) groups excluding carboxylic acids is 1. The molecule has 3 nitrogen and oxygen atoms in total. The van der Waals surface area contributed by atoms with Crippen molar-refractivity contribution < 1.29 is 4.79 Å². The number of nitrogens with one attached hydrogen (secondary N) is 1. The summed E-state index contributed by atoms with van der Waals surface area (Å²) < 4.78 is 0. The zero-order chi connectivity index (χ0) is 14.2. The van der Waals surface area contributed by atoms with Crippen molar-refractivity contribution in [3.05, 3.63) is 35.9 Å². The van der Waals surface area contributed by atoms with Gasteiger partial charge in [-0.25, -0.2) is 0 Å². The lowest BCUT2D eigenvalue weighted by molar-refractivity contribution is -0.136. The average molecular weight is 272 g/mol. The molecule has 1 aromatic carbocycles. The molecule has 0 aliphatic carbocycles. The molecule has 2 aliphatic heterocycles. The topological polar surface area (TPSA) is 32.3 Å². The lowest BCUT2D eigenvalue weighted by Gasteiger charge is -2.33. The van der Waals surface area contributed by atoms with Gasteiger partial charge in [0, 0.05) is 25.2 Å². The molecule has 2 saturated heterocycles. The molecule has 3 rings (SSSR count). The van der Waals surface area contributed by atoms with Crippen LogP contribution in [-0.4, -0.2) is 36.0 Å². The summed E-state index contributed by atoms with van der Waals surface area (Å²) in [6.45, 7) is 5.84. The van der Waals surface area contributed by atoms with Crippen LogP contribution in [0, 0.1) is 0 Å². The Balaban J connectivity index is 1.78.